The largest absolute Gasteiger partial charge is 0.363 e. The van der Waals surface area contributed by atoms with Gasteiger partial charge in [0.1, 0.15) is 5.69 Å². The van der Waals surface area contributed by atoms with Crippen molar-refractivity contribution in [3.63, 3.8) is 0 Å². The van der Waals surface area contributed by atoms with Crippen LogP contribution < -0.4 is 11.1 Å². The van der Waals surface area contributed by atoms with Crippen molar-refractivity contribution in [1.29, 1.82) is 0 Å². The quantitative estimate of drug-likeness (QED) is 0.646. The molecule has 2 rings (SSSR count). The van der Waals surface area contributed by atoms with Crippen molar-refractivity contribution in [2.45, 2.75) is 20.8 Å². The number of aromatic nitrogens is 3. The number of anilines is 1. The molecule has 98 valence electrons. The molecular formula is C13H15N5O. The second-order valence-corrected chi connectivity index (χ2v) is 4.25. The van der Waals surface area contributed by atoms with Gasteiger partial charge in [0, 0.05) is 0 Å². The predicted octanol–water partition coefficient (Wildman–Crippen LogP) is 1.62. The summed E-state index contributed by atoms with van der Waals surface area (Å²) >= 11 is 0. The van der Waals surface area contributed by atoms with Crippen LogP contribution in [-0.4, -0.2) is 20.9 Å². The number of hydrogen-bond donors (Lipinski definition) is 2. The molecule has 0 amide bonds. The molecule has 0 spiro atoms. The maximum atomic E-state index is 11.1. The lowest BCUT2D eigenvalue weighted by Gasteiger charge is -2.04. The number of nitrogens with one attached hydrogen (secondary N) is 2. The van der Waals surface area contributed by atoms with Gasteiger partial charge in [-0.05, 0) is 26.3 Å². The summed E-state index contributed by atoms with van der Waals surface area (Å²) in [5, 5.41) is 10.3. The Labute approximate surface area is 110 Å². The highest BCUT2D eigenvalue weighted by atomic mass is 16.1. The number of nitrogens with zero attached hydrogens (tertiary/aromatic N) is 3. The van der Waals surface area contributed by atoms with Gasteiger partial charge < -0.3 is 0 Å². The second-order valence-electron chi connectivity index (χ2n) is 4.25. The van der Waals surface area contributed by atoms with E-state index in [-0.39, 0.29) is 0 Å². The van der Waals surface area contributed by atoms with E-state index in [1.54, 1.807) is 6.92 Å². The van der Waals surface area contributed by atoms with E-state index in [0.717, 1.165) is 11.3 Å². The van der Waals surface area contributed by atoms with E-state index < -0.39 is 5.69 Å². The molecule has 0 bridgehead atoms. The Morgan fingerprint density at radius 3 is 2.63 bits per heavy atom. The summed E-state index contributed by atoms with van der Waals surface area (Å²) < 4.78 is 0. The molecular weight excluding hydrogens is 242 g/mol. The average Bonchev–Trinajstić information content (AvgIpc) is 2.40. The Balaban J connectivity index is 2.20. The van der Waals surface area contributed by atoms with Gasteiger partial charge in [0.15, 0.2) is 5.82 Å². The molecule has 0 fully saturated rings. The first kappa shape index (κ1) is 12.9. The third-order valence-corrected chi connectivity index (χ3v) is 2.67. The van der Waals surface area contributed by atoms with Crippen LogP contribution in [0.15, 0.2) is 34.2 Å². The van der Waals surface area contributed by atoms with E-state index in [2.05, 4.69) is 25.7 Å². The van der Waals surface area contributed by atoms with Crippen molar-refractivity contribution in [3.8, 4) is 0 Å². The number of H-pyrrole nitrogens is 1. The molecule has 0 aliphatic carbocycles. The molecule has 0 unspecified atom stereocenters. The maximum Gasteiger partial charge on any atom is 0.363 e. The first-order valence-electron chi connectivity index (χ1n) is 5.87. The highest BCUT2D eigenvalue weighted by molar-refractivity contribution is 5.99. The van der Waals surface area contributed by atoms with Gasteiger partial charge in [-0.2, -0.15) is 15.2 Å². The lowest BCUT2D eigenvalue weighted by atomic mass is 10.1. The van der Waals surface area contributed by atoms with Crippen LogP contribution in [0.25, 0.3) is 0 Å². The van der Waals surface area contributed by atoms with Gasteiger partial charge in [0.05, 0.1) is 5.71 Å². The summed E-state index contributed by atoms with van der Waals surface area (Å²) in [6, 6.07) is 8.03. The molecule has 0 saturated carbocycles. The van der Waals surface area contributed by atoms with Crippen LogP contribution >= 0.6 is 0 Å². The van der Waals surface area contributed by atoms with E-state index in [9.17, 15) is 4.79 Å². The van der Waals surface area contributed by atoms with Crippen molar-refractivity contribution < 1.29 is 0 Å². The maximum absolute atomic E-state index is 11.1. The fourth-order valence-corrected chi connectivity index (χ4v) is 1.49. The minimum absolute atomic E-state index is 0.357. The van der Waals surface area contributed by atoms with Gasteiger partial charge in [-0.3, -0.25) is 5.43 Å². The van der Waals surface area contributed by atoms with Crippen LogP contribution in [0.3, 0.4) is 0 Å². The van der Waals surface area contributed by atoms with Crippen molar-refractivity contribution in [3.05, 3.63) is 51.6 Å². The number of benzene rings is 1. The lowest BCUT2D eigenvalue weighted by Crippen LogP contribution is -2.16. The molecule has 1 aromatic heterocycles. The van der Waals surface area contributed by atoms with Gasteiger partial charge in [-0.25, -0.2) is 9.89 Å². The van der Waals surface area contributed by atoms with Crippen molar-refractivity contribution in [1.82, 2.24) is 15.2 Å². The number of hydrogen-bond acceptors (Lipinski definition) is 5. The van der Waals surface area contributed by atoms with E-state index in [1.807, 2.05) is 38.1 Å². The first-order valence-corrected chi connectivity index (χ1v) is 5.87. The molecule has 0 radical (unpaired) electrons. The Bertz CT molecular complexity index is 657. The van der Waals surface area contributed by atoms with Crippen LogP contribution in [0.5, 0.6) is 0 Å². The molecule has 1 heterocycles. The Morgan fingerprint density at radius 1 is 1.26 bits per heavy atom. The third-order valence-electron chi connectivity index (χ3n) is 2.67. The second kappa shape index (κ2) is 5.43. The predicted molar refractivity (Wildman–Crippen MR) is 74.4 cm³/mol. The molecule has 0 saturated heterocycles. The Hall–Kier alpha value is -2.50. The summed E-state index contributed by atoms with van der Waals surface area (Å²) in [6.07, 6.45) is 0. The van der Waals surface area contributed by atoms with Crippen molar-refractivity contribution in [2.24, 2.45) is 5.10 Å². The standard InChI is InChI=1S/C13H15N5O/c1-8-4-6-11(7-5-8)9(2)15-17-12-10(3)16-18-13(19)14-12/h4-7H,1-3H3,(H2,14,17,18,19). The number of hydrazone groups is 1. The van der Waals surface area contributed by atoms with E-state index in [1.165, 1.54) is 5.56 Å². The monoisotopic (exact) mass is 257 g/mol. The van der Waals surface area contributed by atoms with Gasteiger partial charge in [0.25, 0.3) is 0 Å². The fraction of sp³-hybridized carbons (Fsp3) is 0.231. The molecule has 6 nitrogen and oxygen atoms in total. The molecule has 2 N–H and O–H groups in total. The lowest BCUT2D eigenvalue weighted by molar-refractivity contribution is 0.879. The molecule has 6 heteroatoms. The van der Waals surface area contributed by atoms with Crippen LogP contribution in [0, 0.1) is 13.8 Å². The third kappa shape index (κ3) is 3.25. The van der Waals surface area contributed by atoms with Gasteiger partial charge >= 0.3 is 5.69 Å². The van der Waals surface area contributed by atoms with Gasteiger partial charge in [-0.1, -0.05) is 29.8 Å². The minimum atomic E-state index is -0.503. The Morgan fingerprint density at radius 2 is 1.95 bits per heavy atom. The SMILES string of the molecule is CC(=NNc1nc(=O)[nH]nc1C)c1ccc(C)cc1. The van der Waals surface area contributed by atoms with E-state index >= 15 is 0 Å². The van der Waals surface area contributed by atoms with Crippen LogP contribution in [-0.2, 0) is 0 Å². The van der Waals surface area contributed by atoms with E-state index in [0.29, 0.717) is 11.5 Å². The molecule has 1 aromatic carbocycles. The van der Waals surface area contributed by atoms with E-state index in [4.69, 9.17) is 0 Å². The van der Waals surface area contributed by atoms with Crippen LogP contribution in [0.4, 0.5) is 5.82 Å². The topological polar surface area (TPSA) is 83.0 Å². The summed E-state index contributed by atoms with van der Waals surface area (Å²) in [5.41, 5.74) is 5.85. The fourth-order valence-electron chi connectivity index (χ4n) is 1.49. The number of aryl methyl sites for hydroxylation is 2. The smallest absolute Gasteiger partial charge is 0.259 e. The number of rotatable bonds is 3. The molecule has 0 aliphatic heterocycles. The number of aromatic amines is 1. The summed E-state index contributed by atoms with van der Waals surface area (Å²) in [6.45, 7) is 5.65. The van der Waals surface area contributed by atoms with Gasteiger partial charge in [0.2, 0.25) is 0 Å². The highest BCUT2D eigenvalue weighted by Gasteiger charge is 2.02. The molecule has 0 aliphatic rings. The van der Waals surface area contributed by atoms with Gasteiger partial charge in [-0.15, -0.1) is 0 Å². The normalized spacial score (nSPS) is 11.4. The zero-order valence-electron chi connectivity index (χ0n) is 11.1. The highest BCUT2D eigenvalue weighted by Crippen LogP contribution is 2.07. The average molecular weight is 257 g/mol. The van der Waals surface area contributed by atoms with Crippen LogP contribution in [0.2, 0.25) is 0 Å². The molecule has 0 atom stereocenters. The zero-order chi connectivity index (χ0) is 13.8. The first-order chi connectivity index (χ1) is 9.06. The summed E-state index contributed by atoms with van der Waals surface area (Å²) in [4.78, 5) is 14.8. The van der Waals surface area contributed by atoms with Crippen molar-refractivity contribution >= 4 is 11.5 Å². The summed E-state index contributed by atoms with van der Waals surface area (Å²) in [5.74, 6) is 0.357. The molecule has 19 heavy (non-hydrogen) atoms. The summed E-state index contributed by atoms with van der Waals surface area (Å²) in [7, 11) is 0. The zero-order valence-corrected chi connectivity index (χ0v) is 11.1. The van der Waals surface area contributed by atoms with Crippen LogP contribution in [0.1, 0.15) is 23.7 Å². The minimum Gasteiger partial charge on any atom is -0.259 e. The van der Waals surface area contributed by atoms with Crippen molar-refractivity contribution in [2.75, 3.05) is 5.43 Å². The Kier molecular flexibility index (Phi) is 3.70. The molecule has 2 aromatic rings.